The average Bonchev–Trinajstić information content (AvgIpc) is 2.29. The average molecular weight is 236 g/mol. The normalized spacial score (nSPS) is 21.2. The van der Waals surface area contributed by atoms with Crippen molar-refractivity contribution in [3.05, 3.63) is 24.3 Å². The van der Waals surface area contributed by atoms with E-state index in [1.54, 1.807) is 11.8 Å². The van der Waals surface area contributed by atoms with Gasteiger partial charge in [-0.3, -0.25) is 4.79 Å². The number of piperazine rings is 1. The van der Waals surface area contributed by atoms with Gasteiger partial charge in [0.1, 0.15) is 0 Å². The van der Waals surface area contributed by atoms with Crippen LogP contribution in [0.15, 0.2) is 29.2 Å². The van der Waals surface area contributed by atoms with E-state index in [-0.39, 0.29) is 11.9 Å². The van der Waals surface area contributed by atoms with Gasteiger partial charge in [-0.15, -0.1) is 11.8 Å². The predicted molar refractivity (Wildman–Crippen MR) is 68.0 cm³/mol. The maximum absolute atomic E-state index is 11.9. The Morgan fingerprint density at radius 3 is 2.88 bits per heavy atom. The summed E-state index contributed by atoms with van der Waals surface area (Å²) >= 11 is 1.68. The Hall–Kier alpha value is -1.00. The number of benzene rings is 1. The largest absolute Gasteiger partial charge is 0.306 e. The standard InChI is InChI=1S/C12H16N2OS/c1-9-7-13-8-12(15)14(9)10-5-3-4-6-11(10)16-2/h3-6,9,13H,7-8H2,1-2H3/t9-/m1/s1. The molecule has 1 aromatic carbocycles. The first-order valence-corrected chi connectivity index (χ1v) is 6.62. The van der Waals surface area contributed by atoms with Crippen LogP contribution in [0.3, 0.4) is 0 Å². The molecule has 0 spiro atoms. The third-order valence-electron chi connectivity index (χ3n) is 2.77. The number of hydrogen-bond acceptors (Lipinski definition) is 3. The van der Waals surface area contributed by atoms with Crippen LogP contribution in [0.5, 0.6) is 0 Å². The summed E-state index contributed by atoms with van der Waals surface area (Å²) in [7, 11) is 0. The zero-order valence-electron chi connectivity index (χ0n) is 9.56. The van der Waals surface area contributed by atoms with Crippen molar-refractivity contribution < 1.29 is 4.79 Å². The van der Waals surface area contributed by atoms with Crippen LogP contribution in [-0.4, -0.2) is 31.3 Å². The molecular formula is C12H16N2OS. The molecule has 0 unspecified atom stereocenters. The fourth-order valence-corrected chi connectivity index (χ4v) is 2.60. The van der Waals surface area contributed by atoms with Crippen LogP contribution in [0.4, 0.5) is 5.69 Å². The van der Waals surface area contributed by atoms with Crippen LogP contribution in [0.2, 0.25) is 0 Å². The number of amides is 1. The molecule has 1 amide bonds. The third kappa shape index (κ3) is 2.08. The van der Waals surface area contributed by atoms with Crippen molar-refractivity contribution in [1.29, 1.82) is 0 Å². The van der Waals surface area contributed by atoms with E-state index in [1.165, 1.54) is 0 Å². The lowest BCUT2D eigenvalue weighted by Crippen LogP contribution is -2.54. The molecule has 0 radical (unpaired) electrons. The van der Waals surface area contributed by atoms with Crippen molar-refractivity contribution in [2.24, 2.45) is 0 Å². The number of carbonyl (C=O) groups excluding carboxylic acids is 1. The smallest absolute Gasteiger partial charge is 0.241 e. The molecular weight excluding hydrogens is 220 g/mol. The topological polar surface area (TPSA) is 32.3 Å². The Kier molecular flexibility index (Phi) is 3.51. The number of nitrogens with zero attached hydrogens (tertiary/aromatic N) is 1. The molecule has 4 heteroatoms. The van der Waals surface area contributed by atoms with E-state index in [0.717, 1.165) is 17.1 Å². The van der Waals surface area contributed by atoms with Crippen LogP contribution in [0, 0.1) is 0 Å². The zero-order valence-corrected chi connectivity index (χ0v) is 10.4. The third-order valence-corrected chi connectivity index (χ3v) is 3.56. The second-order valence-corrected chi connectivity index (χ2v) is 4.76. The van der Waals surface area contributed by atoms with E-state index in [0.29, 0.717) is 6.54 Å². The Morgan fingerprint density at radius 2 is 2.19 bits per heavy atom. The molecule has 1 N–H and O–H groups in total. The lowest BCUT2D eigenvalue weighted by atomic mass is 10.1. The first-order valence-electron chi connectivity index (χ1n) is 5.40. The Morgan fingerprint density at radius 1 is 1.44 bits per heavy atom. The van der Waals surface area contributed by atoms with Gasteiger partial charge < -0.3 is 10.2 Å². The fourth-order valence-electron chi connectivity index (χ4n) is 2.01. The highest BCUT2D eigenvalue weighted by molar-refractivity contribution is 7.98. The number of rotatable bonds is 2. The van der Waals surface area contributed by atoms with Gasteiger partial charge >= 0.3 is 0 Å². The summed E-state index contributed by atoms with van der Waals surface area (Å²) in [6, 6.07) is 8.28. The van der Waals surface area contributed by atoms with Gasteiger partial charge in [-0.05, 0) is 25.3 Å². The minimum Gasteiger partial charge on any atom is -0.306 e. The first kappa shape index (κ1) is 11.5. The maximum Gasteiger partial charge on any atom is 0.241 e. The summed E-state index contributed by atoms with van der Waals surface area (Å²) in [5, 5.41) is 3.12. The van der Waals surface area contributed by atoms with E-state index >= 15 is 0 Å². The summed E-state index contributed by atoms with van der Waals surface area (Å²) in [4.78, 5) is 15.0. The summed E-state index contributed by atoms with van der Waals surface area (Å²) in [5.41, 5.74) is 1.04. The van der Waals surface area contributed by atoms with E-state index in [1.807, 2.05) is 29.4 Å². The molecule has 1 aliphatic rings. The lowest BCUT2D eigenvalue weighted by Gasteiger charge is -2.34. The molecule has 1 atom stereocenters. The van der Waals surface area contributed by atoms with E-state index in [4.69, 9.17) is 0 Å². The Bertz CT molecular complexity index is 394. The zero-order chi connectivity index (χ0) is 11.5. The van der Waals surface area contributed by atoms with Gasteiger partial charge in [0, 0.05) is 17.5 Å². The number of para-hydroxylation sites is 1. The Labute approximate surface area is 100 Å². The minimum absolute atomic E-state index is 0.153. The summed E-state index contributed by atoms with van der Waals surface area (Å²) in [5.74, 6) is 0.153. The van der Waals surface area contributed by atoms with Crippen LogP contribution in [-0.2, 0) is 4.79 Å². The second-order valence-electron chi connectivity index (χ2n) is 3.92. The molecule has 16 heavy (non-hydrogen) atoms. The van der Waals surface area contributed by atoms with Gasteiger partial charge in [0.2, 0.25) is 5.91 Å². The Balaban J connectivity index is 2.37. The number of anilines is 1. The summed E-state index contributed by atoms with van der Waals surface area (Å²) < 4.78 is 0. The molecule has 0 saturated carbocycles. The van der Waals surface area contributed by atoms with Crippen molar-refractivity contribution in [1.82, 2.24) is 5.32 Å². The SMILES string of the molecule is CSc1ccccc1N1C(=O)CNC[C@H]1C. The van der Waals surface area contributed by atoms with E-state index in [2.05, 4.69) is 18.3 Å². The van der Waals surface area contributed by atoms with Crippen molar-refractivity contribution in [2.45, 2.75) is 17.9 Å². The molecule has 0 aliphatic carbocycles. The van der Waals surface area contributed by atoms with Gasteiger partial charge in [0.15, 0.2) is 0 Å². The highest BCUT2D eigenvalue weighted by Crippen LogP contribution is 2.30. The molecule has 1 aromatic rings. The molecule has 0 bridgehead atoms. The highest BCUT2D eigenvalue weighted by Gasteiger charge is 2.27. The molecule has 3 nitrogen and oxygen atoms in total. The number of hydrogen-bond donors (Lipinski definition) is 1. The van der Waals surface area contributed by atoms with Crippen molar-refractivity contribution in [3.8, 4) is 0 Å². The maximum atomic E-state index is 11.9. The molecule has 1 aliphatic heterocycles. The molecule has 86 valence electrons. The summed E-state index contributed by atoms with van der Waals surface area (Å²) in [6.45, 7) is 3.36. The molecule has 2 rings (SSSR count). The number of thioether (sulfide) groups is 1. The lowest BCUT2D eigenvalue weighted by molar-refractivity contribution is -0.119. The molecule has 1 fully saturated rings. The van der Waals surface area contributed by atoms with Gasteiger partial charge in [-0.2, -0.15) is 0 Å². The van der Waals surface area contributed by atoms with Gasteiger partial charge in [0.05, 0.1) is 12.2 Å². The highest BCUT2D eigenvalue weighted by atomic mass is 32.2. The number of nitrogens with one attached hydrogen (secondary N) is 1. The van der Waals surface area contributed by atoms with Gasteiger partial charge in [0.25, 0.3) is 0 Å². The number of carbonyl (C=O) groups is 1. The van der Waals surface area contributed by atoms with Gasteiger partial charge in [-0.25, -0.2) is 0 Å². The van der Waals surface area contributed by atoms with Gasteiger partial charge in [-0.1, -0.05) is 12.1 Å². The van der Waals surface area contributed by atoms with Crippen molar-refractivity contribution in [3.63, 3.8) is 0 Å². The molecule has 1 saturated heterocycles. The van der Waals surface area contributed by atoms with Crippen LogP contribution < -0.4 is 10.2 Å². The monoisotopic (exact) mass is 236 g/mol. The summed E-state index contributed by atoms with van der Waals surface area (Å²) in [6.07, 6.45) is 2.04. The first-order chi connectivity index (χ1) is 7.74. The molecule has 0 aromatic heterocycles. The quantitative estimate of drug-likeness (QED) is 0.794. The van der Waals surface area contributed by atoms with E-state index < -0.39 is 0 Å². The van der Waals surface area contributed by atoms with Crippen molar-refractivity contribution in [2.75, 3.05) is 24.2 Å². The molecule has 1 heterocycles. The van der Waals surface area contributed by atoms with Crippen LogP contribution in [0.25, 0.3) is 0 Å². The van der Waals surface area contributed by atoms with E-state index in [9.17, 15) is 4.79 Å². The minimum atomic E-state index is 0.153. The predicted octanol–water partition coefficient (Wildman–Crippen LogP) is 1.73. The second kappa shape index (κ2) is 4.89. The van der Waals surface area contributed by atoms with Crippen molar-refractivity contribution >= 4 is 23.4 Å². The van der Waals surface area contributed by atoms with Crippen LogP contribution in [0.1, 0.15) is 6.92 Å². The van der Waals surface area contributed by atoms with Crippen LogP contribution >= 0.6 is 11.8 Å². The fraction of sp³-hybridized carbons (Fsp3) is 0.417.